The van der Waals surface area contributed by atoms with Crippen LogP contribution >= 0.6 is 0 Å². The third-order valence-electron chi connectivity index (χ3n) is 6.46. The second kappa shape index (κ2) is 23.1. The zero-order valence-electron chi connectivity index (χ0n) is 25.9. The first-order valence-electron chi connectivity index (χ1n) is 15.2. The van der Waals surface area contributed by atoms with Crippen molar-refractivity contribution in [2.45, 2.75) is 128 Å². The Hall–Kier alpha value is -3.34. The van der Waals surface area contributed by atoms with E-state index in [1.807, 2.05) is 24.5 Å². The molecule has 2 amide bonds. The minimum Gasteiger partial charge on any atom is -0.362 e. The molecule has 0 aromatic rings. The minimum absolute atomic E-state index is 0.0257. The zero-order chi connectivity index (χ0) is 33.4. The van der Waals surface area contributed by atoms with Crippen LogP contribution in [0.15, 0.2) is 0 Å². The Morgan fingerprint density at radius 2 is 0.886 bits per heavy atom. The fraction of sp³-hybridized carbons (Fsp3) is 0.786. The maximum atomic E-state index is 12.5. The SMILES string of the molecule is CCCCCCCC(=O)OOC(=O)C(O)(CCCCC(O)(NC(=O)CN)C(=O)OOC(=O)CCCCCCC)NC(=O)CN. The van der Waals surface area contributed by atoms with Crippen LogP contribution < -0.4 is 22.1 Å². The number of unbranched alkanes of at least 4 members (excludes halogenated alkanes) is 9. The van der Waals surface area contributed by atoms with E-state index in [-0.39, 0.29) is 25.7 Å². The quantitative estimate of drug-likeness (QED) is 0.0393. The summed E-state index contributed by atoms with van der Waals surface area (Å²) in [5.74, 6) is -6.58. The number of amides is 2. The third kappa shape index (κ3) is 17.7. The van der Waals surface area contributed by atoms with E-state index in [2.05, 4.69) is 19.6 Å². The number of hydrogen-bond acceptors (Lipinski definition) is 14. The molecular weight excluding hydrogens is 584 g/mol. The van der Waals surface area contributed by atoms with Gasteiger partial charge in [0.2, 0.25) is 23.3 Å². The van der Waals surface area contributed by atoms with Crippen LogP contribution in [0.1, 0.15) is 117 Å². The predicted octanol–water partition coefficient (Wildman–Crippen LogP) is 0.798. The first kappa shape index (κ1) is 40.7. The molecule has 2 atom stereocenters. The lowest BCUT2D eigenvalue weighted by molar-refractivity contribution is -0.273. The van der Waals surface area contributed by atoms with Gasteiger partial charge in [0.1, 0.15) is 0 Å². The van der Waals surface area contributed by atoms with Crippen LogP contribution in [0.2, 0.25) is 0 Å². The van der Waals surface area contributed by atoms with Gasteiger partial charge in [-0.25, -0.2) is 38.7 Å². The van der Waals surface area contributed by atoms with Crippen molar-refractivity contribution in [2.75, 3.05) is 13.1 Å². The summed E-state index contributed by atoms with van der Waals surface area (Å²) in [4.78, 5) is 90.5. The minimum atomic E-state index is -2.69. The van der Waals surface area contributed by atoms with Crippen LogP contribution in [0.25, 0.3) is 0 Å². The number of rotatable bonds is 23. The molecular formula is C28H50N4O12. The van der Waals surface area contributed by atoms with Gasteiger partial charge in [0.25, 0.3) is 0 Å². The first-order chi connectivity index (χ1) is 20.9. The normalized spacial score (nSPS) is 13.5. The van der Waals surface area contributed by atoms with E-state index in [1.54, 1.807) is 0 Å². The Morgan fingerprint density at radius 3 is 1.20 bits per heavy atom. The van der Waals surface area contributed by atoms with Gasteiger partial charge in [-0.05, 0) is 25.7 Å². The highest BCUT2D eigenvalue weighted by Crippen LogP contribution is 2.20. The highest BCUT2D eigenvalue weighted by atomic mass is 17.2. The zero-order valence-corrected chi connectivity index (χ0v) is 25.9. The number of carbonyl (C=O) groups is 6. The van der Waals surface area contributed by atoms with Crippen molar-refractivity contribution in [1.82, 2.24) is 10.6 Å². The summed E-state index contributed by atoms with van der Waals surface area (Å²) < 4.78 is 0. The van der Waals surface area contributed by atoms with E-state index in [4.69, 9.17) is 11.5 Å². The summed E-state index contributed by atoms with van der Waals surface area (Å²) in [6.07, 6.45) is 7.03. The average molecular weight is 635 g/mol. The number of carbonyl (C=O) groups excluding carboxylic acids is 6. The molecule has 0 saturated carbocycles. The van der Waals surface area contributed by atoms with Crippen LogP contribution in [0.4, 0.5) is 0 Å². The van der Waals surface area contributed by atoms with E-state index in [1.165, 1.54) is 0 Å². The van der Waals surface area contributed by atoms with Gasteiger partial charge in [0.05, 0.1) is 25.9 Å². The number of nitrogens with one attached hydrogen (secondary N) is 2. The first-order valence-corrected chi connectivity index (χ1v) is 15.2. The van der Waals surface area contributed by atoms with Gasteiger partial charge in [-0.2, -0.15) is 0 Å². The van der Waals surface area contributed by atoms with Crippen LogP contribution in [0, 0.1) is 0 Å². The lowest BCUT2D eigenvalue weighted by Gasteiger charge is -2.27. The number of hydrogen-bond donors (Lipinski definition) is 6. The molecule has 0 fully saturated rings. The Balaban J connectivity index is 5.12. The number of nitrogens with two attached hydrogens (primary N) is 2. The van der Waals surface area contributed by atoms with Crippen molar-refractivity contribution >= 4 is 35.7 Å². The van der Waals surface area contributed by atoms with Gasteiger partial charge < -0.3 is 32.3 Å². The van der Waals surface area contributed by atoms with E-state index in [9.17, 15) is 39.0 Å². The Kier molecular flexibility index (Phi) is 21.3. The summed E-state index contributed by atoms with van der Waals surface area (Å²) in [6.45, 7) is 2.90. The maximum Gasteiger partial charge on any atom is 0.407 e. The molecule has 0 radical (unpaired) electrons. The molecule has 16 heteroatoms. The van der Waals surface area contributed by atoms with Crippen LogP contribution in [0.3, 0.4) is 0 Å². The van der Waals surface area contributed by atoms with Crippen LogP contribution in [0.5, 0.6) is 0 Å². The van der Waals surface area contributed by atoms with E-state index in [0.717, 1.165) is 51.4 Å². The van der Waals surface area contributed by atoms with E-state index in [0.29, 0.717) is 12.8 Å². The summed E-state index contributed by atoms with van der Waals surface area (Å²) in [5, 5.41) is 25.6. The molecule has 0 rings (SSSR count). The fourth-order valence-corrected chi connectivity index (χ4v) is 3.89. The molecule has 0 aliphatic carbocycles. The summed E-state index contributed by atoms with van der Waals surface area (Å²) in [6, 6.07) is 0. The van der Waals surface area contributed by atoms with Gasteiger partial charge in [-0.3, -0.25) is 9.59 Å². The van der Waals surface area contributed by atoms with Gasteiger partial charge in [-0.15, -0.1) is 0 Å². The molecule has 8 N–H and O–H groups in total. The lowest BCUT2D eigenvalue weighted by Crippen LogP contribution is -2.57. The average Bonchev–Trinajstić information content (AvgIpc) is 3.00. The van der Waals surface area contributed by atoms with Crippen LogP contribution in [-0.4, -0.2) is 70.4 Å². The Morgan fingerprint density at radius 1 is 0.545 bits per heavy atom. The topological polar surface area (TPSA) is 256 Å². The molecule has 0 aliphatic heterocycles. The second-order valence-corrected chi connectivity index (χ2v) is 10.4. The van der Waals surface area contributed by atoms with Gasteiger partial charge in [-0.1, -0.05) is 65.2 Å². The fourth-order valence-electron chi connectivity index (χ4n) is 3.89. The Bertz CT molecular complexity index is 847. The molecule has 0 aromatic carbocycles. The molecule has 0 aliphatic rings. The van der Waals surface area contributed by atoms with Crippen LogP contribution in [-0.2, 0) is 48.3 Å². The Labute approximate surface area is 257 Å². The molecule has 0 spiro atoms. The number of aliphatic hydroxyl groups is 2. The van der Waals surface area contributed by atoms with Gasteiger partial charge >= 0.3 is 23.9 Å². The van der Waals surface area contributed by atoms with E-state index < -0.39 is 73.1 Å². The second-order valence-electron chi connectivity index (χ2n) is 10.4. The highest BCUT2D eigenvalue weighted by Gasteiger charge is 2.43. The van der Waals surface area contributed by atoms with Crippen molar-refractivity contribution in [3.8, 4) is 0 Å². The molecule has 0 saturated heterocycles. The third-order valence-corrected chi connectivity index (χ3v) is 6.46. The van der Waals surface area contributed by atoms with Crippen molar-refractivity contribution in [1.29, 1.82) is 0 Å². The molecule has 16 nitrogen and oxygen atoms in total. The monoisotopic (exact) mass is 634 g/mol. The molecule has 44 heavy (non-hydrogen) atoms. The summed E-state index contributed by atoms with van der Waals surface area (Å²) in [5.41, 5.74) is 5.14. The molecule has 0 aromatic heterocycles. The van der Waals surface area contributed by atoms with Gasteiger partial charge in [0.15, 0.2) is 0 Å². The van der Waals surface area contributed by atoms with Gasteiger partial charge in [0, 0.05) is 12.8 Å². The molecule has 254 valence electrons. The largest absolute Gasteiger partial charge is 0.407 e. The van der Waals surface area contributed by atoms with E-state index >= 15 is 0 Å². The lowest BCUT2D eigenvalue weighted by atomic mass is 10.00. The smallest absolute Gasteiger partial charge is 0.362 e. The predicted molar refractivity (Wildman–Crippen MR) is 154 cm³/mol. The molecule has 2 unspecified atom stereocenters. The standard InChI is InChI=1S/C28H50N4O12/c1-3-5-7-9-11-15-23(35)41-43-25(37)27(39,31-21(33)19-29)17-13-14-18-28(40,32-22(34)20-30)26(38)44-42-24(36)16-12-10-8-6-4-2/h39-40H,3-20,29-30H2,1-2H3,(H,31,33)(H,32,34). The van der Waals surface area contributed by atoms with Crippen molar-refractivity contribution in [3.05, 3.63) is 0 Å². The summed E-state index contributed by atoms with van der Waals surface area (Å²) in [7, 11) is 0. The van der Waals surface area contributed by atoms with Crippen molar-refractivity contribution < 1.29 is 58.5 Å². The summed E-state index contributed by atoms with van der Waals surface area (Å²) >= 11 is 0. The van der Waals surface area contributed by atoms with Crippen molar-refractivity contribution in [3.63, 3.8) is 0 Å². The molecule has 0 heterocycles. The molecule has 0 bridgehead atoms. The maximum absolute atomic E-state index is 12.5. The van der Waals surface area contributed by atoms with Crippen molar-refractivity contribution in [2.24, 2.45) is 11.5 Å². The highest BCUT2D eigenvalue weighted by molar-refractivity contribution is 5.88.